The molecule has 0 aliphatic rings. The number of carbonyl (C=O) groups is 1. The fourth-order valence-corrected chi connectivity index (χ4v) is 3.25. The summed E-state index contributed by atoms with van der Waals surface area (Å²) in [7, 11) is 0. The Morgan fingerprint density at radius 2 is 1.81 bits per heavy atom. The Morgan fingerprint density at radius 1 is 1.12 bits per heavy atom. The monoisotopic (exact) mass is 370 g/mol. The second-order valence-electron chi connectivity index (χ2n) is 5.92. The van der Waals surface area contributed by atoms with E-state index in [4.69, 9.17) is 5.84 Å². The molecule has 0 bridgehead atoms. The Labute approximate surface area is 155 Å². The molecule has 0 saturated heterocycles. The average molecular weight is 370 g/mol. The molecule has 0 spiro atoms. The maximum Gasteiger partial charge on any atom is 0.210 e. The quantitative estimate of drug-likeness (QED) is 0.296. The lowest BCUT2D eigenvalue weighted by Crippen LogP contribution is -2.11. The van der Waals surface area contributed by atoms with Crippen LogP contribution in [0.3, 0.4) is 0 Å². The number of hydrogen-bond donors (Lipinski definition) is 1. The molecule has 0 aliphatic carbocycles. The van der Waals surface area contributed by atoms with Crippen LogP contribution in [0.4, 0.5) is 4.39 Å². The van der Waals surface area contributed by atoms with E-state index in [1.807, 2.05) is 31.2 Å². The summed E-state index contributed by atoms with van der Waals surface area (Å²) in [6.07, 6.45) is 1.07. The molecule has 0 radical (unpaired) electrons. The molecule has 3 rings (SSSR count). The number of nitrogen functional groups attached to an aromatic ring is 1. The second-order valence-corrected chi connectivity index (χ2v) is 6.99. The molecule has 0 atom stereocenters. The van der Waals surface area contributed by atoms with Crippen molar-refractivity contribution in [2.75, 3.05) is 11.6 Å². The Balaban J connectivity index is 1.53. The molecular weight excluding hydrogens is 351 g/mol. The van der Waals surface area contributed by atoms with Crippen LogP contribution in [0.15, 0.2) is 53.7 Å². The van der Waals surface area contributed by atoms with Crippen molar-refractivity contribution < 1.29 is 9.18 Å². The molecule has 134 valence electrons. The third-order valence-corrected chi connectivity index (χ3v) is 4.95. The third-order valence-electron chi connectivity index (χ3n) is 3.92. The molecule has 1 aromatic heterocycles. The van der Waals surface area contributed by atoms with Gasteiger partial charge in [0.05, 0.1) is 0 Å². The number of Topliss-reactive ketones (excluding diaryl/α,β-unsaturated/α-hetero) is 1. The van der Waals surface area contributed by atoms with Gasteiger partial charge in [-0.2, -0.15) is 0 Å². The molecule has 2 N–H and O–H groups in total. The fourth-order valence-electron chi connectivity index (χ4n) is 2.45. The second kappa shape index (κ2) is 8.14. The summed E-state index contributed by atoms with van der Waals surface area (Å²) in [5.41, 5.74) is 2.60. The molecule has 2 aromatic carbocycles. The smallest absolute Gasteiger partial charge is 0.210 e. The van der Waals surface area contributed by atoms with Crippen molar-refractivity contribution in [3.05, 3.63) is 65.5 Å². The predicted molar refractivity (Wildman–Crippen MR) is 101 cm³/mol. The highest BCUT2D eigenvalue weighted by atomic mass is 32.2. The molecule has 0 unspecified atom stereocenters. The van der Waals surface area contributed by atoms with Crippen LogP contribution >= 0.6 is 11.8 Å². The summed E-state index contributed by atoms with van der Waals surface area (Å²) < 4.78 is 14.4. The standard InChI is InChI=1S/C19H19FN4OS/c1-13-4-6-15(7-5-13)18-22-23-19(24(18)21)26-12-2-3-17(25)14-8-10-16(20)11-9-14/h4-11H,2-3,12,21H2,1H3. The number of hydrogen-bond acceptors (Lipinski definition) is 5. The maximum atomic E-state index is 12.9. The van der Waals surface area contributed by atoms with Crippen molar-refractivity contribution in [2.45, 2.75) is 24.9 Å². The van der Waals surface area contributed by atoms with Gasteiger partial charge < -0.3 is 5.84 Å². The fraction of sp³-hybridized carbons (Fsp3) is 0.211. The van der Waals surface area contributed by atoms with Gasteiger partial charge in [0.2, 0.25) is 5.16 Å². The van der Waals surface area contributed by atoms with Gasteiger partial charge in [-0.25, -0.2) is 9.07 Å². The third kappa shape index (κ3) is 4.29. The van der Waals surface area contributed by atoms with E-state index in [0.29, 0.717) is 35.1 Å². The van der Waals surface area contributed by atoms with Crippen LogP contribution < -0.4 is 5.84 Å². The number of carbonyl (C=O) groups excluding carboxylic acids is 1. The van der Waals surface area contributed by atoms with E-state index in [-0.39, 0.29) is 11.6 Å². The van der Waals surface area contributed by atoms with E-state index < -0.39 is 0 Å². The number of aryl methyl sites for hydroxylation is 1. The number of ketones is 1. The van der Waals surface area contributed by atoms with Gasteiger partial charge in [0.15, 0.2) is 11.6 Å². The number of thioether (sulfide) groups is 1. The number of rotatable bonds is 7. The lowest BCUT2D eigenvalue weighted by molar-refractivity contribution is 0.0982. The normalized spacial score (nSPS) is 10.8. The van der Waals surface area contributed by atoms with E-state index in [0.717, 1.165) is 11.1 Å². The maximum absolute atomic E-state index is 12.9. The Kier molecular flexibility index (Phi) is 5.68. The first-order valence-electron chi connectivity index (χ1n) is 8.23. The summed E-state index contributed by atoms with van der Waals surface area (Å²) in [5.74, 6) is 7.04. The molecule has 5 nitrogen and oxygen atoms in total. The van der Waals surface area contributed by atoms with E-state index >= 15 is 0 Å². The minimum absolute atomic E-state index is 0.000148. The summed E-state index contributed by atoms with van der Waals surface area (Å²) in [5, 5.41) is 8.88. The molecular formula is C19H19FN4OS. The number of aromatic nitrogens is 3. The Bertz CT molecular complexity index is 891. The van der Waals surface area contributed by atoms with Crippen LogP contribution in [-0.2, 0) is 0 Å². The van der Waals surface area contributed by atoms with Gasteiger partial charge in [-0.3, -0.25) is 4.79 Å². The largest absolute Gasteiger partial charge is 0.335 e. The van der Waals surface area contributed by atoms with Gasteiger partial charge in [-0.05, 0) is 37.6 Å². The van der Waals surface area contributed by atoms with Gasteiger partial charge in [-0.15, -0.1) is 10.2 Å². The predicted octanol–water partition coefficient (Wildman–Crippen LogP) is 3.86. The minimum atomic E-state index is -0.344. The van der Waals surface area contributed by atoms with E-state index in [9.17, 15) is 9.18 Å². The molecule has 26 heavy (non-hydrogen) atoms. The molecule has 1 heterocycles. The summed E-state index contributed by atoms with van der Waals surface area (Å²) in [4.78, 5) is 12.1. The molecule has 7 heteroatoms. The first-order chi connectivity index (χ1) is 12.5. The van der Waals surface area contributed by atoms with Crippen LogP contribution in [0.2, 0.25) is 0 Å². The zero-order valence-corrected chi connectivity index (χ0v) is 15.2. The highest BCUT2D eigenvalue weighted by Gasteiger charge is 2.12. The van der Waals surface area contributed by atoms with Crippen molar-refractivity contribution in [3.63, 3.8) is 0 Å². The van der Waals surface area contributed by atoms with Crippen LogP contribution in [-0.4, -0.2) is 26.4 Å². The molecule has 0 aliphatic heterocycles. The Morgan fingerprint density at radius 3 is 2.50 bits per heavy atom. The van der Waals surface area contributed by atoms with E-state index in [2.05, 4.69) is 10.2 Å². The number of halogens is 1. The van der Waals surface area contributed by atoms with Crippen LogP contribution in [0.1, 0.15) is 28.8 Å². The molecule has 0 fully saturated rings. The van der Waals surface area contributed by atoms with Crippen LogP contribution in [0, 0.1) is 12.7 Å². The highest BCUT2D eigenvalue weighted by Crippen LogP contribution is 2.22. The first-order valence-corrected chi connectivity index (χ1v) is 9.22. The molecule has 0 amide bonds. The molecule has 3 aromatic rings. The van der Waals surface area contributed by atoms with Gasteiger partial charge in [-0.1, -0.05) is 41.6 Å². The van der Waals surface area contributed by atoms with Crippen LogP contribution in [0.5, 0.6) is 0 Å². The number of benzene rings is 2. The zero-order valence-electron chi connectivity index (χ0n) is 14.4. The lowest BCUT2D eigenvalue weighted by atomic mass is 10.1. The van der Waals surface area contributed by atoms with Gasteiger partial charge in [0, 0.05) is 23.3 Å². The highest BCUT2D eigenvalue weighted by molar-refractivity contribution is 7.99. The van der Waals surface area contributed by atoms with E-state index in [1.54, 1.807) is 0 Å². The summed E-state index contributed by atoms with van der Waals surface area (Å²) >= 11 is 1.46. The summed E-state index contributed by atoms with van der Waals surface area (Å²) in [6, 6.07) is 13.5. The Hall–Kier alpha value is -2.67. The van der Waals surface area contributed by atoms with Crippen molar-refractivity contribution in [1.82, 2.24) is 14.9 Å². The lowest BCUT2D eigenvalue weighted by Gasteiger charge is -2.04. The van der Waals surface area contributed by atoms with Gasteiger partial charge in [0.25, 0.3) is 0 Å². The summed E-state index contributed by atoms with van der Waals surface area (Å²) in [6.45, 7) is 2.02. The van der Waals surface area contributed by atoms with Crippen molar-refractivity contribution in [1.29, 1.82) is 0 Å². The molecule has 0 saturated carbocycles. The topological polar surface area (TPSA) is 73.8 Å². The van der Waals surface area contributed by atoms with Gasteiger partial charge >= 0.3 is 0 Å². The van der Waals surface area contributed by atoms with Crippen molar-refractivity contribution >= 4 is 17.5 Å². The van der Waals surface area contributed by atoms with E-state index in [1.165, 1.54) is 40.7 Å². The zero-order chi connectivity index (χ0) is 18.5. The first kappa shape index (κ1) is 18.1. The van der Waals surface area contributed by atoms with Crippen molar-refractivity contribution in [2.24, 2.45) is 0 Å². The number of nitrogens with zero attached hydrogens (tertiary/aromatic N) is 3. The minimum Gasteiger partial charge on any atom is -0.335 e. The van der Waals surface area contributed by atoms with Gasteiger partial charge in [0.1, 0.15) is 5.82 Å². The SMILES string of the molecule is Cc1ccc(-c2nnc(SCCCC(=O)c3ccc(F)cc3)n2N)cc1. The average Bonchev–Trinajstić information content (AvgIpc) is 3.00. The van der Waals surface area contributed by atoms with Crippen molar-refractivity contribution in [3.8, 4) is 11.4 Å². The number of nitrogens with two attached hydrogens (primary N) is 1. The van der Waals surface area contributed by atoms with Crippen LogP contribution in [0.25, 0.3) is 11.4 Å².